The number of nitrogens with one attached hydrogen (secondary N) is 1. The second-order valence-corrected chi connectivity index (χ2v) is 5.86. The highest BCUT2D eigenvalue weighted by Crippen LogP contribution is 2.28. The summed E-state index contributed by atoms with van der Waals surface area (Å²) in [7, 11) is 0. The van der Waals surface area contributed by atoms with E-state index >= 15 is 0 Å². The summed E-state index contributed by atoms with van der Waals surface area (Å²) in [5, 5.41) is 3.51. The quantitative estimate of drug-likeness (QED) is 0.811. The fraction of sp³-hybridized carbons (Fsp3) is 0.294. The molecule has 0 aliphatic heterocycles. The monoisotopic (exact) mass is 335 g/mol. The first-order chi connectivity index (χ1) is 9.61. The number of benzene rings is 2. The molecule has 2 aromatic rings. The minimum absolute atomic E-state index is 0.0168. The third-order valence-electron chi connectivity index (χ3n) is 3.33. The van der Waals surface area contributed by atoms with Gasteiger partial charge in [0, 0.05) is 4.47 Å². The van der Waals surface area contributed by atoms with Gasteiger partial charge in [0.15, 0.2) is 0 Å². The summed E-state index contributed by atoms with van der Waals surface area (Å²) in [6, 6.07) is 13.0. The number of hydrogen-bond donors (Lipinski definition) is 1. The Bertz CT molecular complexity index is 583. The maximum absolute atomic E-state index is 13.5. The lowest BCUT2D eigenvalue weighted by atomic mass is 9.95. The van der Waals surface area contributed by atoms with Crippen molar-refractivity contribution in [2.75, 3.05) is 6.54 Å². The molecule has 2 rings (SSSR count). The van der Waals surface area contributed by atoms with E-state index in [0.717, 1.165) is 23.0 Å². The summed E-state index contributed by atoms with van der Waals surface area (Å²) in [4.78, 5) is 0. The molecule has 0 aromatic heterocycles. The van der Waals surface area contributed by atoms with Crippen molar-refractivity contribution < 1.29 is 4.39 Å². The zero-order valence-electron chi connectivity index (χ0n) is 11.8. The smallest absolute Gasteiger partial charge is 0.123 e. The predicted molar refractivity (Wildman–Crippen MR) is 85.4 cm³/mol. The zero-order valence-corrected chi connectivity index (χ0v) is 13.4. The first kappa shape index (κ1) is 15.2. The Hall–Kier alpha value is -1.19. The zero-order chi connectivity index (χ0) is 14.5. The standard InChI is InChI=1S/C17H19BrFN/c1-3-9-20-17(13-5-4-6-15(19)10-13)16-11-14(18)8-7-12(16)2/h4-8,10-11,17,20H,3,9H2,1-2H3. The lowest BCUT2D eigenvalue weighted by Gasteiger charge is -2.22. The average molecular weight is 336 g/mol. The van der Waals surface area contributed by atoms with Crippen molar-refractivity contribution in [2.45, 2.75) is 26.3 Å². The van der Waals surface area contributed by atoms with Gasteiger partial charge in [0.25, 0.3) is 0 Å². The minimum Gasteiger partial charge on any atom is -0.306 e. The van der Waals surface area contributed by atoms with Crippen molar-refractivity contribution in [2.24, 2.45) is 0 Å². The number of aryl methyl sites for hydroxylation is 1. The number of rotatable bonds is 5. The topological polar surface area (TPSA) is 12.0 Å². The molecule has 20 heavy (non-hydrogen) atoms. The molecule has 106 valence electrons. The van der Waals surface area contributed by atoms with Crippen molar-refractivity contribution in [1.29, 1.82) is 0 Å². The van der Waals surface area contributed by atoms with Gasteiger partial charge in [-0.15, -0.1) is 0 Å². The molecule has 0 bridgehead atoms. The van der Waals surface area contributed by atoms with Gasteiger partial charge in [-0.05, 0) is 60.8 Å². The first-order valence-electron chi connectivity index (χ1n) is 6.86. The van der Waals surface area contributed by atoms with E-state index in [1.807, 2.05) is 12.1 Å². The van der Waals surface area contributed by atoms with Crippen LogP contribution in [0.25, 0.3) is 0 Å². The fourth-order valence-electron chi connectivity index (χ4n) is 2.30. The second kappa shape index (κ2) is 7.00. The van der Waals surface area contributed by atoms with E-state index in [0.29, 0.717) is 0 Å². The van der Waals surface area contributed by atoms with Gasteiger partial charge in [0.05, 0.1) is 6.04 Å². The van der Waals surface area contributed by atoms with Crippen LogP contribution in [0, 0.1) is 12.7 Å². The van der Waals surface area contributed by atoms with Gasteiger partial charge in [0.1, 0.15) is 5.82 Å². The van der Waals surface area contributed by atoms with Crippen molar-refractivity contribution in [3.05, 3.63) is 69.4 Å². The van der Waals surface area contributed by atoms with E-state index in [2.05, 4.69) is 47.2 Å². The first-order valence-corrected chi connectivity index (χ1v) is 7.66. The maximum atomic E-state index is 13.5. The van der Waals surface area contributed by atoms with Crippen LogP contribution in [-0.2, 0) is 0 Å². The molecule has 0 heterocycles. The van der Waals surface area contributed by atoms with Crippen LogP contribution in [0.5, 0.6) is 0 Å². The highest BCUT2D eigenvalue weighted by molar-refractivity contribution is 9.10. The molecule has 1 nitrogen and oxygen atoms in total. The van der Waals surface area contributed by atoms with Crippen molar-refractivity contribution >= 4 is 15.9 Å². The van der Waals surface area contributed by atoms with Gasteiger partial charge < -0.3 is 5.32 Å². The lowest BCUT2D eigenvalue weighted by Crippen LogP contribution is -2.24. The summed E-state index contributed by atoms with van der Waals surface area (Å²) in [5.74, 6) is -0.196. The summed E-state index contributed by atoms with van der Waals surface area (Å²) in [5.41, 5.74) is 3.34. The molecule has 0 fully saturated rings. The molecule has 3 heteroatoms. The lowest BCUT2D eigenvalue weighted by molar-refractivity contribution is 0.583. The molecule has 2 aromatic carbocycles. The van der Waals surface area contributed by atoms with Gasteiger partial charge in [-0.3, -0.25) is 0 Å². The van der Waals surface area contributed by atoms with Gasteiger partial charge in [-0.25, -0.2) is 4.39 Å². The SMILES string of the molecule is CCCNC(c1cccc(F)c1)c1cc(Br)ccc1C. The van der Waals surface area contributed by atoms with Crippen molar-refractivity contribution in [3.63, 3.8) is 0 Å². The molecule has 1 unspecified atom stereocenters. The molecule has 0 spiro atoms. The summed E-state index contributed by atoms with van der Waals surface area (Å²) in [6.45, 7) is 5.11. The van der Waals surface area contributed by atoms with E-state index in [-0.39, 0.29) is 11.9 Å². The molecule has 0 aliphatic carbocycles. The largest absolute Gasteiger partial charge is 0.306 e. The van der Waals surface area contributed by atoms with Crippen LogP contribution in [0.15, 0.2) is 46.9 Å². The number of halogens is 2. The Balaban J connectivity index is 2.44. The Morgan fingerprint density at radius 1 is 1.20 bits per heavy atom. The normalized spacial score (nSPS) is 12.4. The highest BCUT2D eigenvalue weighted by Gasteiger charge is 2.16. The second-order valence-electron chi connectivity index (χ2n) is 4.94. The Morgan fingerprint density at radius 3 is 2.70 bits per heavy atom. The molecular formula is C17H19BrFN. The van der Waals surface area contributed by atoms with Crippen molar-refractivity contribution in [3.8, 4) is 0 Å². The highest BCUT2D eigenvalue weighted by atomic mass is 79.9. The molecule has 1 N–H and O–H groups in total. The van der Waals surface area contributed by atoms with Gasteiger partial charge in [-0.1, -0.05) is 41.1 Å². The van der Waals surface area contributed by atoms with Crippen LogP contribution in [0.4, 0.5) is 4.39 Å². The van der Waals surface area contributed by atoms with Crippen molar-refractivity contribution in [1.82, 2.24) is 5.32 Å². The van der Waals surface area contributed by atoms with Crippen LogP contribution in [0.2, 0.25) is 0 Å². The van der Waals surface area contributed by atoms with Gasteiger partial charge >= 0.3 is 0 Å². The van der Waals surface area contributed by atoms with Crippen LogP contribution in [-0.4, -0.2) is 6.54 Å². The van der Waals surface area contributed by atoms with E-state index in [9.17, 15) is 4.39 Å². The summed E-state index contributed by atoms with van der Waals surface area (Å²) < 4.78 is 14.5. The van der Waals surface area contributed by atoms with Crippen LogP contribution >= 0.6 is 15.9 Å². The van der Waals surface area contributed by atoms with Crippen LogP contribution in [0.1, 0.15) is 36.1 Å². The molecule has 0 saturated heterocycles. The van der Waals surface area contributed by atoms with Crippen LogP contribution in [0.3, 0.4) is 0 Å². The Labute approximate surface area is 128 Å². The Kier molecular flexibility index (Phi) is 5.32. The van der Waals surface area contributed by atoms with E-state index < -0.39 is 0 Å². The summed E-state index contributed by atoms with van der Waals surface area (Å²) in [6.07, 6.45) is 1.04. The van der Waals surface area contributed by atoms with E-state index in [1.54, 1.807) is 12.1 Å². The van der Waals surface area contributed by atoms with E-state index in [4.69, 9.17) is 0 Å². The third-order valence-corrected chi connectivity index (χ3v) is 3.83. The molecule has 0 radical (unpaired) electrons. The fourth-order valence-corrected chi connectivity index (χ4v) is 2.68. The number of hydrogen-bond acceptors (Lipinski definition) is 1. The molecule has 0 aliphatic rings. The van der Waals surface area contributed by atoms with E-state index in [1.165, 1.54) is 17.2 Å². The average Bonchev–Trinajstić information content (AvgIpc) is 2.43. The minimum atomic E-state index is -0.196. The molecular weight excluding hydrogens is 317 g/mol. The summed E-state index contributed by atoms with van der Waals surface area (Å²) >= 11 is 3.52. The Morgan fingerprint density at radius 2 is 2.00 bits per heavy atom. The molecule has 0 saturated carbocycles. The molecule has 0 amide bonds. The molecule has 1 atom stereocenters. The predicted octanol–water partition coefficient (Wildman–Crippen LogP) is 4.99. The maximum Gasteiger partial charge on any atom is 0.123 e. The van der Waals surface area contributed by atoms with Gasteiger partial charge in [-0.2, -0.15) is 0 Å². The van der Waals surface area contributed by atoms with Crippen LogP contribution < -0.4 is 5.32 Å². The third kappa shape index (κ3) is 3.68. The van der Waals surface area contributed by atoms with Gasteiger partial charge in [0.2, 0.25) is 0 Å².